The van der Waals surface area contributed by atoms with Crippen LogP contribution in [0.5, 0.6) is 0 Å². The minimum absolute atomic E-state index is 0.0140. The van der Waals surface area contributed by atoms with Crippen LogP contribution in [0.15, 0.2) is 48.5 Å². The van der Waals surface area contributed by atoms with Gasteiger partial charge in [0.2, 0.25) is 5.91 Å². The number of rotatable bonds is 3. The minimum Gasteiger partial charge on any atom is -0.311 e. The van der Waals surface area contributed by atoms with Crippen molar-refractivity contribution in [3.05, 3.63) is 64.1 Å². The predicted molar refractivity (Wildman–Crippen MR) is 103 cm³/mol. The smallest absolute Gasteiger partial charge is 0.244 e. The molecule has 2 atom stereocenters. The third-order valence-corrected chi connectivity index (χ3v) is 5.70. The first-order valence-corrected chi connectivity index (χ1v) is 9.44. The fraction of sp³-hybridized carbons (Fsp3) is 0.350. The Morgan fingerprint density at radius 3 is 2.36 bits per heavy atom. The van der Waals surface area contributed by atoms with Crippen molar-refractivity contribution < 1.29 is 4.79 Å². The van der Waals surface area contributed by atoms with Gasteiger partial charge in [-0.25, -0.2) is 0 Å². The van der Waals surface area contributed by atoms with E-state index in [-0.39, 0.29) is 11.9 Å². The maximum atomic E-state index is 12.9. The van der Waals surface area contributed by atoms with Crippen molar-refractivity contribution in [2.75, 3.05) is 24.5 Å². The molecule has 0 aromatic heterocycles. The number of nitrogens with zero attached hydrogens (tertiary/aromatic N) is 2. The van der Waals surface area contributed by atoms with E-state index >= 15 is 0 Å². The van der Waals surface area contributed by atoms with Crippen molar-refractivity contribution in [2.24, 2.45) is 0 Å². The molecule has 1 amide bonds. The Kier molecular flexibility index (Phi) is 4.72. The lowest BCUT2D eigenvalue weighted by Crippen LogP contribution is -2.40. The molecule has 0 radical (unpaired) electrons. The molecule has 2 aliphatic heterocycles. The van der Waals surface area contributed by atoms with Gasteiger partial charge in [0, 0.05) is 28.8 Å². The van der Waals surface area contributed by atoms with Crippen LogP contribution < -0.4 is 4.90 Å². The van der Waals surface area contributed by atoms with E-state index < -0.39 is 0 Å². The lowest BCUT2D eigenvalue weighted by Gasteiger charge is -2.23. The van der Waals surface area contributed by atoms with Gasteiger partial charge in [-0.3, -0.25) is 9.69 Å². The zero-order valence-electron chi connectivity index (χ0n) is 13.9. The molecular formula is C20H20Cl2N2O. The van der Waals surface area contributed by atoms with Crippen molar-refractivity contribution in [3.8, 4) is 0 Å². The van der Waals surface area contributed by atoms with Gasteiger partial charge in [-0.05, 0) is 61.2 Å². The number of carbonyl (C=O) groups excluding carboxylic acids is 1. The van der Waals surface area contributed by atoms with Crippen LogP contribution in [-0.4, -0.2) is 36.5 Å². The first-order valence-electron chi connectivity index (χ1n) is 8.68. The van der Waals surface area contributed by atoms with Crippen LogP contribution >= 0.6 is 23.2 Å². The molecule has 2 aliphatic rings. The normalized spacial score (nSPS) is 24.2. The summed E-state index contributed by atoms with van der Waals surface area (Å²) in [6, 6.07) is 15.7. The summed E-state index contributed by atoms with van der Waals surface area (Å²) in [4.78, 5) is 17.1. The third-order valence-electron chi connectivity index (χ3n) is 5.26. The Morgan fingerprint density at radius 2 is 1.64 bits per heavy atom. The summed E-state index contributed by atoms with van der Waals surface area (Å²) >= 11 is 12.3. The molecular weight excluding hydrogens is 355 g/mol. The van der Waals surface area contributed by atoms with Gasteiger partial charge in [-0.2, -0.15) is 0 Å². The highest BCUT2D eigenvalue weighted by Crippen LogP contribution is 2.34. The van der Waals surface area contributed by atoms with Gasteiger partial charge in [-0.1, -0.05) is 41.4 Å². The van der Waals surface area contributed by atoms with Crippen LogP contribution in [0.4, 0.5) is 5.69 Å². The van der Waals surface area contributed by atoms with Gasteiger partial charge in [0.15, 0.2) is 0 Å². The highest BCUT2D eigenvalue weighted by atomic mass is 35.5. The van der Waals surface area contributed by atoms with Crippen LogP contribution in [0.2, 0.25) is 10.0 Å². The van der Waals surface area contributed by atoms with Gasteiger partial charge < -0.3 is 4.90 Å². The summed E-state index contributed by atoms with van der Waals surface area (Å²) in [5.74, 6) is 0.603. The molecule has 2 heterocycles. The first-order chi connectivity index (χ1) is 12.1. The molecule has 0 bridgehead atoms. The molecule has 0 unspecified atom stereocenters. The Balaban J connectivity index is 1.46. The van der Waals surface area contributed by atoms with Gasteiger partial charge in [0.25, 0.3) is 0 Å². The largest absolute Gasteiger partial charge is 0.311 e. The van der Waals surface area contributed by atoms with Gasteiger partial charge >= 0.3 is 0 Å². The highest BCUT2D eigenvalue weighted by molar-refractivity contribution is 6.34. The van der Waals surface area contributed by atoms with Crippen molar-refractivity contribution in [1.82, 2.24) is 4.90 Å². The number of halogens is 2. The Labute approximate surface area is 158 Å². The summed E-state index contributed by atoms with van der Waals surface area (Å²) in [5.41, 5.74) is 2.16. The van der Waals surface area contributed by atoms with E-state index in [1.54, 1.807) is 6.07 Å². The number of para-hydroxylation sites is 1. The highest BCUT2D eigenvalue weighted by Gasteiger charge is 2.39. The molecule has 4 rings (SSSR count). The summed E-state index contributed by atoms with van der Waals surface area (Å²) in [6.07, 6.45) is 1.92. The Hall–Kier alpha value is -1.55. The second-order valence-corrected chi connectivity index (χ2v) is 7.69. The average molecular weight is 375 g/mol. The topological polar surface area (TPSA) is 23.6 Å². The number of likely N-dealkylation sites (tertiary alicyclic amines) is 1. The van der Waals surface area contributed by atoms with Gasteiger partial charge in [-0.15, -0.1) is 0 Å². The number of anilines is 1. The van der Waals surface area contributed by atoms with Crippen LogP contribution in [0.1, 0.15) is 24.3 Å². The number of benzene rings is 2. The van der Waals surface area contributed by atoms with E-state index in [2.05, 4.69) is 4.90 Å². The van der Waals surface area contributed by atoms with Crippen LogP contribution in [-0.2, 0) is 4.79 Å². The van der Waals surface area contributed by atoms with E-state index in [1.807, 2.05) is 47.4 Å². The Morgan fingerprint density at radius 1 is 0.920 bits per heavy atom. The van der Waals surface area contributed by atoms with E-state index in [9.17, 15) is 4.79 Å². The third kappa shape index (κ3) is 3.41. The number of hydrogen-bond donors (Lipinski definition) is 0. The molecule has 2 fully saturated rings. The van der Waals surface area contributed by atoms with Crippen molar-refractivity contribution in [3.63, 3.8) is 0 Å². The molecule has 5 heteroatoms. The Bertz CT molecular complexity index is 760. The number of carbonyl (C=O) groups is 1. The average Bonchev–Trinajstić information content (AvgIpc) is 3.21. The maximum Gasteiger partial charge on any atom is 0.244 e. The summed E-state index contributed by atoms with van der Waals surface area (Å²) < 4.78 is 0. The van der Waals surface area contributed by atoms with E-state index in [1.165, 1.54) is 5.56 Å². The van der Waals surface area contributed by atoms with Crippen molar-refractivity contribution in [2.45, 2.75) is 24.8 Å². The molecule has 25 heavy (non-hydrogen) atoms. The molecule has 130 valence electrons. The quantitative estimate of drug-likeness (QED) is 0.784. The lowest BCUT2D eigenvalue weighted by molar-refractivity contribution is -0.121. The van der Waals surface area contributed by atoms with Gasteiger partial charge in [0.1, 0.15) is 0 Å². The molecule has 0 N–H and O–H groups in total. The zero-order chi connectivity index (χ0) is 17.4. The van der Waals surface area contributed by atoms with Crippen LogP contribution in [0, 0.1) is 0 Å². The van der Waals surface area contributed by atoms with Crippen molar-refractivity contribution >= 4 is 34.8 Å². The fourth-order valence-corrected chi connectivity index (χ4v) is 4.56. The SMILES string of the molecule is O=C1[C@@H](N2CC[C@H](c3cc(Cl)cc(Cl)c3)C2)CCN1c1ccccc1. The molecule has 0 saturated carbocycles. The molecule has 2 aromatic carbocycles. The maximum absolute atomic E-state index is 12.9. The van der Waals surface area contributed by atoms with Crippen molar-refractivity contribution in [1.29, 1.82) is 0 Å². The van der Waals surface area contributed by atoms with E-state index in [0.717, 1.165) is 38.2 Å². The monoisotopic (exact) mass is 374 g/mol. The van der Waals surface area contributed by atoms with Crippen LogP contribution in [0.25, 0.3) is 0 Å². The zero-order valence-corrected chi connectivity index (χ0v) is 15.4. The molecule has 0 aliphatic carbocycles. The summed E-state index contributed by atoms with van der Waals surface area (Å²) in [6.45, 7) is 2.61. The fourth-order valence-electron chi connectivity index (χ4n) is 4.02. The van der Waals surface area contributed by atoms with Crippen LogP contribution in [0.3, 0.4) is 0 Å². The number of amides is 1. The number of hydrogen-bond acceptors (Lipinski definition) is 2. The first kappa shape index (κ1) is 16.9. The summed E-state index contributed by atoms with van der Waals surface area (Å²) in [7, 11) is 0. The second kappa shape index (κ2) is 6.99. The molecule has 3 nitrogen and oxygen atoms in total. The van der Waals surface area contributed by atoms with Gasteiger partial charge in [0.05, 0.1) is 6.04 Å². The minimum atomic E-state index is -0.0140. The second-order valence-electron chi connectivity index (χ2n) is 6.81. The molecule has 2 saturated heterocycles. The standard InChI is InChI=1S/C20H20Cl2N2O/c21-16-10-15(11-17(22)12-16)14-6-8-23(13-14)19-7-9-24(20(19)25)18-4-2-1-3-5-18/h1-5,10-12,14,19H,6-9,13H2/t14-,19-/m0/s1. The molecule has 0 spiro atoms. The van der Waals surface area contributed by atoms with E-state index in [4.69, 9.17) is 23.2 Å². The predicted octanol–water partition coefficient (Wildman–Crippen LogP) is 4.59. The summed E-state index contributed by atoms with van der Waals surface area (Å²) in [5, 5.41) is 1.35. The van der Waals surface area contributed by atoms with E-state index in [0.29, 0.717) is 16.0 Å². The molecule has 2 aromatic rings. The lowest BCUT2D eigenvalue weighted by atomic mass is 9.98.